The summed E-state index contributed by atoms with van der Waals surface area (Å²) in [7, 11) is 1.57. The van der Waals surface area contributed by atoms with Crippen LogP contribution in [-0.2, 0) is 14.3 Å². The van der Waals surface area contributed by atoms with Crippen molar-refractivity contribution in [3.63, 3.8) is 0 Å². The number of hydrogen-bond acceptors (Lipinski definition) is 3. The van der Waals surface area contributed by atoms with Crippen molar-refractivity contribution in [2.75, 3.05) is 26.8 Å². The lowest BCUT2D eigenvalue weighted by Gasteiger charge is -2.38. The van der Waals surface area contributed by atoms with Gasteiger partial charge in [-0.15, -0.1) is 0 Å². The zero-order valence-electron chi connectivity index (χ0n) is 10.6. The third-order valence-corrected chi connectivity index (χ3v) is 3.72. The number of carbonyl (C=O) groups excluding carboxylic acids is 1. The lowest BCUT2D eigenvalue weighted by molar-refractivity contribution is -0.154. The summed E-state index contributed by atoms with van der Waals surface area (Å²) < 4.78 is 4.86. The zero-order valence-corrected chi connectivity index (χ0v) is 10.6. The fourth-order valence-corrected chi connectivity index (χ4v) is 2.25. The van der Waals surface area contributed by atoms with Crippen molar-refractivity contribution in [3.05, 3.63) is 0 Å². The molecule has 0 aromatic carbocycles. The van der Waals surface area contributed by atoms with Gasteiger partial charge < -0.3 is 14.7 Å². The molecule has 1 aliphatic rings. The number of carboxylic acid groups (broad SMARTS) is 1. The number of aliphatic carboxylic acids is 1. The number of carbonyl (C=O) groups is 2. The van der Waals surface area contributed by atoms with Gasteiger partial charge in [0.15, 0.2) is 0 Å². The summed E-state index contributed by atoms with van der Waals surface area (Å²) in [6.45, 7) is 3.41. The van der Waals surface area contributed by atoms with E-state index in [1.165, 1.54) is 0 Å². The van der Waals surface area contributed by atoms with Crippen LogP contribution < -0.4 is 0 Å². The van der Waals surface area contributed by atoms with Crippen molar-refractivity contribution in [2.45, 2.75) is 32.6 Å². The Hall–Kier alpha value is -1.10. The van der Waals surface area contributed by atoms with Gasteiger partial charge in [0.25, 0.3) is 0 Å². The van der Waals surface area contributed by atoms with Gasteiger partial charge in [-0.3, -0.25) is 9.59 Å². The molecule has 5 nitrogen and oxygen atoms in total. The second-order valence-electron chi connectivity index (χ2n) is 4.56. The Morgan fingerprint density at radius 1 is 1.35 bits per heavy atom. The molecule has 1 fully saturated rings. The summed E-state index contributed by atoms with van der Waals surface area (Å²) in [5, 5.41) is 9.23. The van der Waals surface area contributed by atoms with E-state index >= 15 is 0 Å². The second-order valence-corrected chi connectivity index (χ2v) is 4.56. The summed E-state index contributed by atoms with van der Waals surface area (Å²) in [6, 6.07) is 0. The van der Waals surface area contributed by atoms with E-state index in [1.54, 1.807) is 12.0 Å². The smallest absolute Gasteiger partial charge is 0.309 e. The van der Waals surface area contributed by atoms with Crippen LogP contribution in [0, 0.1) is 5.41 Å². The van der Waals surface area contributed by atoms with Crippen molar-refractivity contribution < 1.29 is 19.4 Å². The van der Waals surface area contributed by atoms with Crippen LogP contribution in [0.5, 0.6) is 0 Å². The van der Waals surface area contributed by atoms with Gasteiger partial charge in [-0.25, -0.2) is 0 Å². The molecule has 0 saturated carbocycles. The molecule has 0 bridgehead atoms. The Labute approximate surface area is 102 Å². The fourth-order valence-electron chi connectivity index (χ4n) is 2.25. The molecule has 1 saturated heterocycles. The highest BCUT2D eigenvalue weighted by atomic mass is 16.5. The van der Waals surface area contributed by atoms with Gasteiger partial charge in [0.2, 0.25) is 5.91 Å². The zero-order chi connectivity index (χ0) is 12.9. The first-order valence-electron chi connectivity index (χ1n) is 6.06. The minimum Gasteiger partial charge on any atom is -0.481 e. The monoisotopic (exact) mass is 243 g/mol. The van der Waals surface area contributed by atoms with Gasteiger partial charge in [0, 0.05) is 20.2 Å². The first-order valence-corrected chi connectivity index (χ1v) is 6.06. The molecule has 17 heavy (non-hydrogen) atoms. The number of carboxylic acids is 1. The minimum atomic E-state index is -0.732. The Bertz CT molecular complexity index is 282. The summed E-state index contributed by atoms with van der Waals surface area (Å²) in [4.78, 5) is 24.7. The predicted octanol–water partition coefficient (Wildman–Crippen LogP) is 1.13. The molecule has 0 aromatic heterocycles. The van der Waals surface area contributed by atoms with Gasteiger partial charge in [-0.1, -0.05) is 6.92 Å². The van der Waals surface area contributed by atoms with E-state index in [0.29, 0.717) is 45.4 Å². The van der Waals surface area contributed by atoms with Crippen LogP contribution in [-0.4, -0.2) is 48.7 Å². The van der Waals surface area contributed by atoms with Crippen LogP contribution in [0.4, 0.5) is 0 Å². The molecule has 1 rings (SSSR count). The summed E-state index contributed by atoms with van der Waals surface area (Å²) in [5.41, 5.74) is -0.627. The maximum atomic E-state index is 11.7. The van der Waals surface area contributed by atoms with Crippen LogP contribution in [0.2, 0.25) is 0 Å². The SMILES string of the molecule is CCC1(C(=O)O)CCN(C(=O)CCOC)CC1. The van der Waals surface area contributed by atoms with Crippen molar-refractivity contribution in [3.8, 4) is 0 Å². The first-order chi connectivity index (χ1) is 8.05. The summed E-state index contributed by atoms with van der Waals surface area (Å²) in [6.07, 6.45) is 2.11. The number of hydrogen-bond donors (Lipinski definition) is 1. The Morgan fingerprint density at radius 2 is 1.94 bits per heavy atom. The standard InChI is InChI=1S/C12H21NO4/c1-3-12(11(15)16)5-7-13(8-6-12)10(14)4-9-17-2/h3-9H2,1-2H3,(H,15,16). The quantitative estimate of drug-likeness (QED) is 0.786. The topological polar surface area (TPSA) is 66.8 Å². The Balaban J connectivity index is 2.49. The van der Waals surface area contributed by atoms with Crippen molar-refractivity contribution in [2.24, 2.45) is 5.41 Å². The highest BCUT2D eigenvalue weighted by Gasteiger charge is 2.40. The summed E-state index contributed by atoms with van der Waals surface area (Å²) >= 11 is 0. The van der Waals surface area contributed by atoms with Crippen molar-refractivity contribution in [1.82, 2.24) is 4.90 Å². The van der Waals surface area contributed by atoms with Crippen molar-refractivity contribution >= 4 is 11.9 Å². The normalized spacial score (nSPS) is 19.1. The lowest BCUT2D eigenvalue weighted by atomic mass is 9.76. The highest BCUT2D eigenvalue weighted by Crippen LogP contribution is 2.35. The Kier molecular flexibility index (Phi) is 4.93. The van der Waals surface area contributed by atoms with Gasteiger partial charge in [-0.2, -0.15) is 0 Å². The molecule has 0 atom stereocenters. The first kappa shape index (κ1) is 14.0. The number of rotatable bonds is 5. The minimum absolute atomic E-state index is 0.0574. The molecule has 1 amide bonds. The van der Waals surface area contributed by atoms with Crippen LogP contribution in [0.1, 0.15) is 32.6 Å². The fraction of sp³-hybridized carbons (Fsp3) is 0.833. The number of ether oxygens (including phenoxy) is 1. The van der Waals surface area contributed by atoms with Gasteiger partial charge >= 0.3 is 5.97 Å². The molecular formula is C12H21NO4. The number of likely N-dealkylation sites (tertiary alicyclic amines) is 1. The average molecular weight is 243 g/mol. The molecule has 1 heterocycles. The molecule has 0 spiro atoms. The van der Waals surface area contributed by atoms with Gasteiger partial charge in [0.05, 0.1) is 18.4 Å². The highest BCUT2D eigenvalue weighted by molar-refractivity contribution is 5.78. The number of amides is 1. The molecule has 98 valence electrons. The molecule has 0 unspecified atom stereocenters. The van der Waals surface area contributed by atoms with E-state index in [-0.39, 0.29) is 5.91 Å². The van der Waals surface area contributed by atoms with Crippen LogP contribution >= 0.6 is 0 Å². The van der Waals surface area contributed by atoms with E-state index < -0.39 is 11.4 Å². The molecule has 1 aliphatic heterocycles. The van der Waals surface area contributed by atoms with Crippen LogP contribution in [0.25, 0.3) is 0 Å². The van der Waals surface area contributed by atoms with E-state index in [9.17, 15) is 14.7 Å². The molecule has 5 heteroatoms. The van der Waals surface area contributed by atoms with Crippen LogP contribution in [0.3, 0.4) is 0 Å². The van der Waals surface area contributed by atoms with Crippen LogP contribution in [0.15, 0.2) is 0 Å². The van der Waals surface area contributed by atoms with Gasteiger partial charge in [0.1, 0.15) is 0 Å². The lowest BCUT2D eigenvalue weighted by Crippen LogP contribution is -2.46. The molecule has 0 aliphatic carbocycles. The summed E-state index contributed by atoms with van der Waals surface area (Å²) in [5.74, 6) is -0.675. The average Bonchev–Trinajstić information content (AvgIpc) is 2.35. The molecular weight excluding hydrogens is 222 g/mol. The number of methoxy groups -OCH3 is 1. The third-order valence-electron chi connectivity index (χ3n) is 3.72. The van der Waals surface area contributed by atoms with Crippen molar-refractivity contribution in [1.29, 1.82) is 0 Å². The molecule has 1 N–H and O–H groups in total. The number of nitrogens with zero attached hydrogens (tertiary/aromatic N) is 1. The molecule has 0 radical (unpaired) electrons. The maximum Gasteiger partial charge on any atom is 0.309 e. The Morgan fingerprint density at radius 3 is 2.35 bits per heavy atom. The maximum absolute atomic E-state index is 11.7. The third kappa shape index (κ3) is 3.19. The predicted molar refractivity (Wildman–Crippen MR) is 62.7 cm³/mol. The second kappa shape index (κ2) is 6.00. The van der Waals surface area contributed by atoms with E-state index in [2.05, 4.69) is 0 Å². The number of piperidine rings is 1. The largest absolute Gasteiger partial charge is 0.481 e. The molecule has 0 aromatic rings. The van der Waals surface area contributed by atoms with E-state index in [0.717, 1.165) is 0 Å². The van der Waals surface area contributed by atoms with Gasteiger partial charge in [-0.05, 0) is 19.3 Å². The van der Waals surface area contributed by atoms with E-state index in [1.807, 2.05) is 6.92 Å². The van der Waals surface area contributed by atoms with E-state index in [4.69, 9.17) is 4.74 Å².